The monoisotopic (exact) mass is 306 g/mol. The number of hydrogen-bond acceptors (Lipinski definition) is 4. The maximum atomic E-state index is 12.1. The number of sulfonamides is 1. The van der Waals surface area contributed by atoms with Crippen LogP contribution in [0.15, 0.2) is 27.6 Å². The van der Waals surface area contributed by atoms with Gasteiger partial charge in [0.1, 0.15) is 4.90 Å². The Morgan fingerprint density at radius 2 is 2.19 bits per heavy atom. The van der Waals surface area contributed by atoms with Crippen molar-refractivity contribution in [3.05, 3.63) is 22.7 Å². The van der Waals surface area contributed by atoms with Gasteiger partial charge in [0.2, 0.25) is 0 Å². The van der Waals surface area contributed by atoms with Gasteiger partial charge in [-0.05, 0) is 24.6 Å². The number of anilines is 1. The summed E-state index contributed by atoms with van der Waals surface area (Å²) in [6, 6.07) is 4.67. The zero-order chi connectivity index (χ0) is 11.8. The number of nitrogens with two attached hydrogens (primary N) is 1. The standard InChI is InChI=1S/C9H11BrN2O3S/c10-7-2-3-9(8(11)6-7)16(13,14)12-4-1-5-15-12/h2-3,6H,1,4-5,11H2. The van der Waals surface area contributed by atoms with E-state index in [9.17, 15) is 8.42 Å². The number of nitrogens with zero attached hydrogens (tertiary/aromatic N) is 1. The number of hydrogen-bond donors (Lipinski definition) is 1. The minimum Gasteiger partial charge on any atom is -0.398 e. The topological polar surface area (TPSA) is 72.6 Å². The van der Waals surface area contributed by atoms with E-state index in [1.54, 1.807) is 12.1 Å². The molecule has 0 radical (unpaired) electrons. The van der Waals surface area contributed by atoms with Crippen LogP contribution in [0, 0.1) is 0 Å². The Morgan fingerprint density at radius 1 is 1.44 bits per heavy atom. The fourth-order valence-corrected chi connectivity index (χ4v) is 3.26. The maximum absolute atomic E-state index is 12.1. The van der Waals surface area contributed by atoms with E-state index in [-0.39, 0.29) is 10.6 Å². The molecule has 0 aromatic heterocycles. The highest BCUT2D eigenvalue weighted by molar-refractivity contribution is 9.10. The maximum Gasteiger partial charge on any atom is 0.267 e. The van der Waals surface area contributed by atoms with Crippen LogP contribution in [0.5, 0.6) is 0 Å². The van der Waals surface area contributed by atoms with E-state index in [0.29, 0.717) is 19.6 Å². The summed E-state index contributed by atoms with van der Waals surface area (Å²) in [6.45, 7) is 0.799. The largest absolute Gasteiger partial charge is 0.398 e. The Hall–Kier alpha value is -0.630. The van der Waals surface area contributed by atoms with Crippen molar-refractivity contribution in [2.24, 2.45) is 0 Å². The van der Waals surface area contributed by atoms with Gasteiger partial charge in [0.05, 0.1) is 12.3 Å². The van der Waals surface area contributed by atoms with Crippen LogP contribution < -0.4 is 5.73 Å². The van der Waals surface area contributed by atoms with Gasteiger partial charge in [-0.25, -0.2) is 8.42 Å². The summed E-state index contributed by atoms with van der Waals surface area (Å²) in [5.41, 5.74) is 5.90. The molecule has 2 rings (SSSR count). The van der Waals surface area contributed by atoms with Crippen molar-refractivity contribution < 1.29 is 13.3 Å². The summed E-state index contributed by atoms with van der Waals surface area (Å²) in [4.78, 5) is 5.12. The molecule has 88 valence electrons. The molecule has 1 aliphatic rings. The first-order chi connectivity index (χ1) is 7.51. The summed E-state index contributed by atoms with van der Waals surface area (Å²) in [7, 11) is -3.62. The Labute approximate surface area is 102 Å². The Balaban J connectivity index is 2.42. The van der Waals surface area contributed by atoms with E-state index in [1.807, 2.05) is 0 Å². The van der Waals surface area contributed by atoms with Gasteiger partial charge in [-0.2, -0.15) is 0 Å². The molecule has 1 aromatic rings. The second-order valence-electron chi connectivity index (χ2n) is 3.40. The molecule has 0 atom stereocenters. The second-order valence-corrected chi connectivity index (χ2v) is 6.11. The summed E-state index contributed by atoms with van der Waals surface area (Å²) < 4.78 is 25.9. The highest BCUT2D eigenvalue weighted by atomic mass is 79.9. The summed E-state index contributed by atoms with van der Waals surface area (Å²) in [5.74, 6) is 0. The summed E-state index contributed by atoms with van der Waals surface area (Å²) in [5, 5.41) is 0. The molecule has 0 aliphatic carbocycles. The highest BCUT2D eigenvalue weighted by Crippen LogP contribution is 2.27. The van der Waals surface area contributed by atoms with Gasteiger partial charge in [-0.1, -0.05) is 20.4 Å². The molecule has 1 fully saturated rings. The van der Waals surface area contributed by atoms with Crippen LogP contribution in [0.1, 0.15) is 6.42 Å². The molecule has 0 amide bonds. The van der Waals surface area contributed by atoms with Crippen molar-refractivity contribution in [3.8, 4) is 0 Å². The summed E-state index contributed by atoms with van der Waals surface area (Å²) in [6.07, 6.45) is 0.704. The highest BCUT2D eigenvalue weighted by Gasteiger charge is 2.30. The molecule has 1 saturated heterocycles. The van der Waals surface area contributed by atoms with Crippen LogP contribution in [0.2, 0.25) is 0 Å². The molecular formula is C9H11BrN2O3S. The minimum absolute atomic E-state index is 0.0811. The second kappa shape index (κ2) is 4.33. The molecule has 2 N–H and O–H groups in total. The van der Waals surface area contributed by atoms with Crippen molar-refractivity contribution >= 4 is 31.6 Å². The normalized spacial score (nSPS) is 17.8. The van der Waals surface area contributed by atoms with Crippen LogP contribution in [0.3, 0.4) is 0 Å². The van der Waals surface area contributed by atoms with E-state index < -0.39 is 10.0 Å². The van der Waals surface area contributed by atoms with E-state index in [0.717, 1.165) is 8.94 Å². The average molecular weight is 307 g/mol. The molecule has 1 heterocycles. The number of halogens is 1. The predicted octanol–water partition coefficient (Wildman–Crippen LogP) is 1.36. The zero-order valence-electron chi connectivity index (χ0n) is 8.39. The molecule has 7 heteroatoms. The lowest BCUT2D eigenvalue weighted by molar-refractivity contribution is -0.0284. The zero-order valence-corrected chi connectivity index (χ0v) is 10.8. The molecular weight excluding hydrogens is 296 g/mol. The minimum atomic E-state index is -3.62. The third-order valence-corrected chi connectivity index (χ3v) is 4.48. The molecule has 1 aromatic carbocycles. The van der Waals surface area contributed by atoms with E-state index in [1.165, 1.54) is 6.07 Å². The van der Waals surface area contributed by atoms with Crippen LogP contribution in [-0.2, 0) is 14.9 Å². The first-order valence-electron chi connectivity index (χ1n) is 4.72. The van der Waals surface area contributed by atoms with E-state index >= 15 is 0 Å². The van der Waals surface area contributed by atoms with Gasteiger partial charge in [0, 0.05) is 11.0 Å². The first-order valence-corrected chi connectivity index (χ1v) is 6.96. The quantitative estimate of drug-likeness (QED) is 0.837. The van der Waals surface area contributed by atoms with Crippen molar-refractivity contribution in [1.29, 1.82) is 0 Å². The van der Waals surface area contributed by atoms with Crippen molar-refractivity contribution in [2.75, 3.05) is 18.9 Å². The number of hydroxylamine groups is 1. The van der Waals surface area contributed by atoms with Crippen LogP contribution in [-0.4, -0.2) is 26.0 Å². The van der Waals surface area contributed by atoms with Crippen LogP contribution >= 0.6 is 15.9 Å². The van der Waals surface area contributed by atoms with E-state index in [2.05, 4.69) is 15.9 Å². The summed E-state index contributed by atoms with van der Waals surface area (Å²) >= 11 is 3.23. The SMILES string of the molecule is Nc1cc(Br)ccc1S(=O)(=O)N1CCCO1. The van der Waals surface area contributed by atoms with Gasteiger partial charge in [-0.3, -0.25) is 4.84 Å². The van der Waals surface area contributed by atoms with Gasteiger partial charge in [-0.15, -0.1) is 0 Å². The lowest BCUT2D eigenvalue weighted by atomic mass is 10.3. The Kier molecular flexibility index (Phi) is 3.20. The average Bonchev–Trinajstić information content (AvgIpc) is 2.69. The first kappa shape index (κ1) is 11.8. The van der Waals surface area contributed by atoms with Crippen molar-refractivity contribution in [3.63, 3.8) is 0 Å². The van der Waals surface area contributed by atoms with Crippen molar-refractivity contribution in [2.45, 2.75) is 11.3 Å². The lowest BCUT2D eigenvalue weighted by Crippen LogP contribution is -2.27. The van der Waals surface area contributed by atoms with Gasteiger partial charge >= 0.3 is 0 Å². The molecule has 0 unspecified atom stereocenters. The lowest BCUT2D eigenvalue weighted by Gasteiger charge is -2.15. The molecule has 0 saturated carbocycles. The molecule has 5 nitrogen and oxygen atoms in total. The van der Waals surface area contributed by atoms with E-state index in [4.69, 9.17) is 10.6 Å². The van der Waals surface area contributed by atoms with Crippen LogP contribution in [0.4, 0.5) is 5.69 Å². The smallest absolute Gasteiger partial charge is 0.267 e. The molecule has 1 aliphatic heterocycles. The molecule has 0 spiro atoms. The van der Waals surface area contributed by atoms with Crippen molar-refractivity contribution in [1.82, 2.24) is 4.47 Å². The third kappa shape index (κ3) is 2.08. The van der Waals surface area contributed by atoms with Gasteiger partial charge in [0.15, 0.2) is 0 Å². The van der Waals surface area contributed by atoms with Crippen LogP contribution in [0.25, 0.3) is 0 Å². The Bertz CT molecular complexity index is 497. The number of nitrogen functional groups attached to an aromatic ring is 1. The number of rotatable bonds is 2. The van der Waals surface area contributed by atoms with Gasteiger partial charge in [0.25, 0.3) is 10.0 Å². The predicted molar refractivity (Wildman–Crippen MR) is 63.0 cm³/mol. The number of benzene rings is 1. The molecule has 0 bridgehead atoms. The third-order valence-electron chi connectivity index (χ3n) is 2.24. The van der Waals surface area contributed by atoms with Gasteiger partial charge < -0.3 is 5.73 Å². The fraction of sp³-hybridized carbons (Fsp3) is 0.333. The Morgan fingerprint density at radius 3 is 2.75 bits per heavy atom. The molecule has 16 heavy (non-hydrogen) atoms. The fourth-order valence-electron chi connectivity index (χ4n) is 1.48.